The highest BCUT2D eigenvalue weighted by molar-refractivity contribution is 7.91. The summed E-state index contributed by atoms with van der Waals surface area (Å²) in [5.74, 6) is -1.25. The number of phenolic OH excluding ortho intramolecular Hbond substituents is 1. The van der Waals surface area contributed by atoms with Gasteiger partial charge in [0, 0.05) is 13.5 Å². The molecule has 0 fully saturated rings. The first kappa shape index (κ1) is 20.5. The van der Waals surface area contributed by atoms with Crippen molar-refractivity contribution in [2.45, 2.75) is 43.0 Å². The Hall–Kier alpha value is -1.84. The molecule has 0 saturated heterocycles. The van der Waals surface area contributed by atoms with Crippen molar-refractivity contribution in [3.63, 3.8) is 0 Å². The van der Waals surface area contributed by atoms with Crippen molar-refractivity contribution in [1.82, 2.24) is 9.73 Å². The molecular weight excluding hydrogens is 382 g/mol. The molecule has 1 aliphatic heterocycles. The van der Waals surface area contributed by atoms with Crippen molar-refractivity contribution in [2.24, 2.45) is 5.10 Å². The number of hydrazone groups is 1. The first-order valence-corrected chi connectivity index (χ1v) is 9.97. The summed E-state index contributed by atoms with van der Waals surface area (Å²) < 4.78 is 28.2. The van der Waals surface area contributed by atoms with Crippen molar-refractivity contribution >= 4 is 33.3 Å². The van der Waals surface area contributed by atoms with Crippen LogP contribution in [0.4, 0.5) is 0 Å². The van der Waals surface area contributed by atoms with Crippen LogP contribution < -0.4 is 4.72 Å². The van der Waals surface area contributed by atoms with Crippen LogP contribution >= 0.6 is 11.6 Å². The molecule has 8 nitrogen and oxygen atoms in total. The SMILES string of the molecule is CCC(Cc1ccc(O)cc1)(NS(=O)(=O)C1C(C)=NN(C)C1Cl)C(=O)O. The molecule has 26 heavy (non-hydrogen) atoms. The van der Waals surface area contributed by atoms with Crippen LogP contribution in [0.5, 0.6) is 5.75 Å². The van der Waals surface area contributed by atoms with Gasteiger partial charge in [0.2, 0.25) is 10.0 Å². The molecule has 1 aliphatic rings. The van der Waals surface area contributed by atoms with E-state index in [1.807, 2.05) is 0 Å². The molecule has 3 unspecified atom stereocenters. The van der Waals surface area contributed by atoms with E-state index in [9.17, 15) is 23.4 Å². The quantitative estimate of drug-likeness (QED) is 0.467. The molecule has 3 N–H and O–H groups in total. The molecule has 1 aromatic carbocycles. The second-order valence-electron chi connectivity index (χ2n) is 6.34. The third-order valence-corrected chi connectivity index (χ3v) is 7.09. The molecule has 1 heterocycles. The van der Waals surface area contributed by atoms with E-state index in [0.717, 1.165) is 0 Å². The maximum atomic E-state index is 12.9. The summed E-state index contributed by atoms with van der Waals surface area (Å²) in [5.41, 5.74) is -1.80. The molecule has 0 aromatic heterocycles. The Kier molecular flexibility index (Phi) is 5.84. The fourth-order valence-corrected chi connectivity index (χ4v) is 5.51. The highest BCUT2D eigenvalue weighted by atomic mass is 35.5. The lowest BCUT2D eigenvalue weighted by Gasteiger charge is -2.31. The molecule has 0 bridgehead atoms. The first-order valence-electron chi connectivity index (χ1n) is 7.98. The van der Waals surface area contributed by atoms with Crippen molar-refractivity contribution in [3.8, 4) is 5.75 Å². The highest BCUT2D eigenvalue weighted by Crippen LogP contribution is 2.27. The van der Waals surface area contributed by atoms with Gasteiger partial charge in [-0.15, -0.1) is 0 Å². The van der Waals surface area contributed by atoms with E-state index >= 15 is 0 Å². The number of sulfonamides is 1. The van der Waals surface area contributed by atoms with Crippen LogP contribution in [0, 0.1) is 0 Å². The van der Waals surface area contributed by atoms with Crippen LogP contribution in [0.1, 0.15) is 25.8 Å². The van der Waals surface area contributed by atoms with Gasteiger partial charge in [-0.3, -0.25) is 9.80 Å². The van der Waals surface area contributed by atoms with Gasteiger partial charge in [-0.2, -0.15) is 9.82 Å². The number of phenols is 1. The van der Waals surface area contributed by atoms with Gasteiger partial charge in [0.25, 0.3) is 0 Å². The van der Waals surface area contributed by atoms with E-state index in [-0.39, 0.29) is 18.6 Å². The number of carboxylic acids is 1. The Morgan fingerprint density at radius 3 is 2.38 bits per heavy atom. The fourth-order valence-electron chi connectivity index (χ4n) is 2.93. The van der Waals surface area contributed by atoms with Crippen molar-refractivity contribution in [2.75, 3.05) is 7.05 Å². The highest BCUT2D eigenvalue weighted by Gasteiger charge is 2.48. The predicted molar refractivity (Wildman–Crippen MR) is 98.8 cm³/mol. The van der Waals surface area contributed by atoms with Gasteiger partial charge in [-0.1, -0.05) is 30.7 Å². The normalized spacial score (nSPS) is 22.8. The molecule has 3 atom stereocenters. The lowest BCUT2D eigenvalue weighted by atomic mass is 9.89. The molecule has 0 saturated carbocycles. The number of nitrogens with zero attached hydrogens (tertiary/aromatic N) is 2. The standard InChI is InChI=1S/C16H22ClN3O5S/c1-4-16(15(22)23,9-11-5-7-12(21)8-6-11)19-26(24,25)13-10(2)18-20(3)14(13)17/h5-8,13-14,19,21H,4,9H2,1-3H3,(H,22,23). The Labute approximate surface area is 157 Å². The Morgan fingerprint density at radius 2 is 1.96 bits per heavy atom. The number of alkyl halides is 1. The number of hydrogen-bond donors (Lipinski definition) is 3. The summed E-state index contributed by atoms with van der Waals surface area (Å²) in [6, 6.07) is 5.95. The minimum atomic E-state index is -4.12. The van der Waals surface area contributed by atoms with E-state index in [0.29, 0.717) is 11.3 Å². The van der Waals surface area contributed by atoms with Gasteiger partial charge < -0.3 is 10.2 Å². The zero-order valence-electron chi connectivity index (χ0n) is 14.7. The number of carbonyl (C=O) groups is 1. The minimum absolute atomic E-state index is 0.0220. The predicted octanol–water partition coefficient (Wildman–Crippen LogP) is 1.34. The average molecular weight is 404 g/mol. The second-order valence-corrected chi connectivity index (χ2v) is 8.59. The smallest absolute Gasteiger partial charge is 0.325 e. The largest absolute Gasteiger partial charge is 0.508 e. The Bertz CT molecular complexity index is 812. The van der Waals surface area contributed by atoms with Crippen molar-refractivity contribution in [3.05, 3.63) is 29.8 Å². The number of benzene rings is 1. The zero-order chi connectivity index (χ0) is 19.7. The van der Waals surface area contributed by atoms with E-state index in [4.69, 9.17) is 11.6 Å². The van der Waals surface area contributed by atoms with Crippen molar-refractivity contribution < 1.29 is 23.4 Å². The molecule has 0 spiro atoms. The molecule has 0 aliphatic carbocycles. The molecule has 0 radical (unpaired) electrons. The van der Waals surface area contributed by atoms with Gasteiger partial charge >= 0.3 is 5.97 Å². The zero-order valence-corrected chi connectivity index (χ0v) is 16.3. The third-order valence-electron chi connectivity index (χ3n) is 4.46. The summed E-state index contributed by atoms with van der Waals surface area (Å²) in [4.78, 5) is 12.0. The van der Waals surface area contributed by atoms with Crippen LogP contribution in [0.15, 0.2) is 29.4 Å². The monoisotopic (exact) mass is 403 g/mol. The number of carboxylic acid groups (broad SMARTS) is 1. The average Bonchev–Trinajstić information content (AvgIpc) is 2.81. The van der Waals surface area contributed by atoms with Gasteiger partial charge in [0.15, 0.2) is 5.25 Å². The summed E-state index contributed by atoms with van der Waals surface area (Å²) >= 11 is 6.15. The van der Waals surface area contributed by atoms with Crippen LogP contribution in [-0.4, -0.2) is 58.7 Å². The number of hydrogen-bond acceptors (Lipinski definition) is 6. The lowest BCUT2D eigenvalue weighted by Crippen LogP contribution is -2.59. The van der Waals surface area contributed by atoms with Crippen LogP contribution in [0.3, 0.4) is 0 Å². The Morgan fingerprint density at radius 1 is 1.38 bits per heavy atom. The number of rotatable bonds is 7. The molecule has 10 heteroatoms. The summed E-state index contributed by atoms with van der Waals surface area (Å²) in [7, 11) is -2.57. The number of halogens is 1. The fraction of sp³-hybridized carbons (Fsp3) is 0.500. The summed E-state index contributed by atoms with van der Waals surface area (Å²) in [5, 5.41) is 23.4. The van der Waals surface area contributed by atoms with E-state index in [1.165, 1.54) is 24.1 Å². The molecule has 2 rings (SSSR count). The van der Waals surface area contributed by atoms with Crippen molar-refractivity contribution in [1.29, 1.82) is 0 Å². The molecule has 1 aromatic rings. The van der Waals surface area contributed by atoms with Crippen LogP contribution in [0.2, 0.25) is 0 Å². The second kappa shape index (κ2) is 7.42. The summed E-state index contributed by atoms with van der Waals surface area (Å²) in [6.07, 6.45) is -0.0574. The van der Waals surface area contributed by atoms with Gasteiger partial charge in [-0.25, -0.2) is 8.42 Å². The topological polar surface area (TPSA) is 119 Å². The third kappa shape index (κ3) is 3.94. The maximum Gasteiger partial charge on any atom is 0.325 e. The van der Waals surface area contributed by atoms with E-state index in [1.54, 1.807) is 26.1 Å². The summed E-state index contributed by atoms with van der Waals surface area (Å²) in [6.45, 7) is 3.13. The Balaban J connectivity index is 2.37. The van der Waals surface area contributed by atoms with E-state index in [2.05, 4.69) is 9.82 Å². The molecular formula is C16H22ClN3O5S. The first-order chi connectivity index (χ1) is 12.0. The van der Waals surface area contributed by atoms with Gasteiger partial charge in [-0.05, 0) is 31.0 Å². The van der Waals surface area contributed by atoms with Gasteiger partial charge in [0.1, 0.15) is 16.8 Å². The van der Waals surface area contributed by atoms with E-state index < -0.39 is 32.3 Å². The van der Waals surface area contributed by atoms with Crippen LogP contribution in [0.25, 0.3) is 0 Å². The lowest BCUT2D eigenvalue weighted by molar-refractivity contribution is -0.144. The number of aliphatic carboxylic acids is 1. The van der Waals surface area contributed by atoms with Crippen LogP contribution in [-0.2, 0) is 21.2 Å². The number of aromatic hydroxyl groups is 1. The minimum Gasteiger partial charge on any atom is -0.508 e. The molecule has 0 amide bonds. The van der Waals surface area contributed by atoms with Gasteiger partial charge in [0.05, 0.1) is 5.71 Å². The molecule has 144 valence electrons. The maximum absolute atomic E-state index is 12.9. The number of nitrogens with one attached hydrogen (secondary N) is 1.